The third kappa shape index (κ3) is 5.11. The molecule has 14 heavy (non-hydrogen) atoms. The van der Waals surface area contributed by atoms with E-state index in [-0.39, 0.29) is 0 Å². The van der Waals surface area contributed by atoms with Crippen molar-refractivity contribution in [2.75, 3.05) is 26.4 Å². The van der Waals surface area contributed by atoms with Crippen molar-refractivity contribution in [1.29, 1.82) is 0 Å². The first-order valence-corrected chi connectivity index (χ1v) is 6.75. The van der Waals surface area contributed by atoms with E-state index in [4.69, 9.17) is 13.6 Å². The Balaban J connectivity index is 4.53. The van der Waals surface area contributed by atoms with Crippen LogP contribution in [0.3, 0.4) is 0 Å². The second kappa shape index (κ2) is 8.42. The molecule has 0 unspecified atom stereocenters. The molecule has 0 rings (SSSR count). The van der Waals surface area contributed by atoms with Gasteiger partial charge in [0.15, 0.2) is 0 Å². The standard InChI is InChI=1S/C9H22NO3P/c1-5-9-10-14(11-6-2,12-7-3)13-8-4/h5-9H2,1-4H3. The summed E-state index contributed by atoms with van der Waals surface area (Å²) in [5.41, 5.74) is 0. The van der Waals surface area contributed by atoms with Crippen molar-refractivity contribution in [2.24, 2.45) is 4.74 Å². The van der Waals surface area contributed by atoms with Crippen LogP contribution in [0.4, 0.5) is 0 Å². The normalized spacial score (nSPS) is 11.7. The van der Waals surface area contributed by atoms with Gasteiger partial charge in [-0.05, 0) is 27.2 Å². The molecule has 0 saturated carbocycles. The highest BCUT2D eigenvalue weighted by molar-refractivity contribution is 7.51. The molecule has 0 saturated heterocycles. The van der Waals surface area contributed by atoms with Crippen LogP contribution < -0.4 is 0 Å². The summed E-state index contributed by atoms with van der Waals surface area (Å²) in [6.45, 7) is 10.3. The van der Waals surface area contributed by atoms with E-state index in [2.05, 4.69) is 11.7 Å². The lowest BCUT2D eigenvalue weighted by molar-refractivity contribution is 0.162. The quantitative estimate of drug-likeness (QED) is 0.592. The average Bonchev–Trinajstić information content (AvgIpc) is 2.16. The summed E-state index contributed by atoms with van der Waals surface area (Å²) in [5, 5.41) is 0. The summed E-state index contributed by atoms with van der Waals surface area (Å²) in [7, 11) is -2.39. The Hall–Kier alpha value is 0.110. The molecule has 0 atom stereocenters. The fraction of sp³-hybridized carbons (Fsp3) is 1.00. The van der Waals surface area contributed by atoms with Crippen molar-refractivity contribution in [2.45, 2.75) is 34.1 Å². The lowest BCUT2D eigenvalue weighted by Gasteiger charge is -2.21. The van der Waals surface area contributed by atoms with Crippen molar-refractivity contribution in [1.82, 2.24) is 0 Å². The van der Waals surface area contributed by atoms with Gasteiger partial charge in [-0.15, -0.1) is 0 Å². The highest BCUT2D eigenvalue weighted by Gasteiger charge is 2.21. The Morgan fingerprint density at radius 3 is 1.57 bits per heavy atom. The van der Waals surface area contributed by atoms with Crippen molar-refractivity contribution in [3.8, 4) is 0 Å². The van der Waals surface area contributed by atoms with Crippen molar-refractivity contribution >= 4 is 7.74 Å². The van der Waals surface area contributed by atoms with E-state index in [0.29, 0.717) is 19.8 Å². The van der Waals surface area contributed by atoms with Crippen molar-refractivity contribution in [3.05, 3.63) is 0 Å². The van der Waals surface area contributed by atoms with Crippen LogP contribution in [0.15, 0.2) is 4.74 Å². The molecule has 5 heteroatoms. The molecule has 0 heterocycles. The molecule has 0 aliphatic carbocycles. The highest BCUT2D eigenvalue weighted by Crippen LogP contribution is 2.52. The Labute approximate surface area is 87.2 Å². The summed E-state index contributed by atoms with van der Waals surface area (Å²) >= 11 is 0. The molecule has 0 N–H and O–H groups in total. The maximum absolute atomic E-state index is 5.51. The molecule has 0 aromatic rings. The van der Waals surface area contributed by atoms with E-state index in [1.807, 2.05) is 20.8 Å². The predicted octanol–water partition coefficient (Wildman–Crippen LogP) is 3.45. The van der Waals surface area contributed by atoms with Gasteiger partial charge in [0.2, 0.25) is 0 Å². The van der Waals surface area contributed by atoms with E-state index >= 15 is 0 Å². The van der Waals surface area contributed by atoms with Crippen LogP contribution in [0.2, 0.25) is 0 Å². The largest absolute Gasteiger partial charge is 0.355 e. The van der Waals surface area contributed by atoms with E-state index in [0.717, 1.165) is 13.0 Å². The first kappa shape index (κ1) is 14.1. The minimum atomic E-state index is -2.39. The molecule has 0 spiro atoms. The molecule has 0 aromatic heterocycles. The van der Waals surface area contributed by atoms with E-state index in [1.54, 1.807) is 0 Å². The maximum atomic E-state index is 5.51. The smallest absolute Gasteiger partial charge is 0.303 e. The van der Waals surface area contributed by atoms with E-state index in [1.165, 1.54) is 0 Å². The number of hydrogen-bond donors (Lipinski definition) is 0. The molecule has 0 radical (unpaired) electrons. The summed E-state index contributed by atoms with van der Waals surface area (Å²) in [4.78, 5) is 0. The van der Waals surface area contributed by atoms with Crippen molar-refractivity contribution in [3.63, 3.8) is 0 Å². The fourth-order valence-electron chi connectivity index (χ4n) is 0.946. The SMILES string of the molecule is CCCN=P(OCC)(OCC)OCC. The zero-order valence-corrected chi connectivity index (χ0v) is 10.5. The summed E-state index contributed by atoms with van der Waals surface area (Å²) < 4.78 is 20.9. The summed E-state index contributed by atoms with van der Waals surface area (Å²) in [5.74, 6) is 0. The zero-order valence-electron chi connectivity index (χ0n) is 9.65. The van der Waals surface area contributed by atoms with Crippen LogP contribution in [0.1, 0.15) is 34.1 Å². The van der Waals surface area contributed by atoms with Crippen LogP contribution in [-0.4, -0.2) is 26.4 Å². The van der Waals surface area contributed by atoms with Crippen LogP contribution >= 0.6 is 7.74 Å². The Morgan fingerprint density at radius 1 is 0.857 bits per heavy atom. The lowest BCUT2D eigenvalue weighted by Crippen LogP contribution is -2.01. The molecule has 86 valence electrons. The van der Waals surface area contributed by atoms with Gasteiger partial charge in [-0.2, -0.15) is 0 Å². The first-order valence-electron chi connectivity index (χ1n) is 5.26. The third-order valence-corrected chi connectivity index (χ3v) is 3.67. The molecule has 4 nitrogen and oxygen atoms in total. The van der Waals surface area contributed by atoms with Gasteiger partial charge in [-0.3, -0.25) is 0 Å². The van der Waals surface area contributed by atoms with Crippen molar-refractivity contribution < 1.29 is 13.6 Å². The van der Waals surface area contributed by atoms with Crippen LogP contribution in [0.5, 0.6) is 0 Å². The zero-order chi connectivity index (χ0) is 10.9. The van der Waals surface area contributed by atoms with Gasteiger partial charge in [0.1, 0.15) is 0 Å². The highest BCUT2D eigenvalue weighted by atomic mass is 31.2. The Bertz CT molecular complexity index is 161. The molecule has 0 aliphatic rings. The third-order valence-electron chi connectivity index (χ3n) is 1.37. The molecule has 0 bridgehead atoms. The van der Waals surface area contributed by atoms with Gasteiger partial charge >= 0.3 is 7.74 Å². The molecule has 0 fully saturated rings. The Kier molecular flexibility index (Phi) is 8.49. The fourth-order valence-corrected chi connectivity index (χ4v) is 2.84. The van der Waals surface area contributed by atoms with Crippen LogP contribution in [0, 0.1) is 0 Å². The van der Waals surface area contributed by atoms with Gasteiger partial charge in [0, 0.05) is 6.54 Å². The molecule has 0 aliphatic heterocycles. The first-order chi connectivity index (χ1) is 6.74. The number of rotatable bonds is 8. The lowest BCUT2D eigenvalue weighted by atomic mass is 10.5. The van der Waals surface area contributed by atoms with Gasteiger partial charge < -0.3 is 13.6 Å². The minimum Gasteiger partial charge on any atom is -0.303 e. The van der Waals surface area contributed by atoms with Gasteiger partial charge in [0.05, 0.1) is 19.8 Å². The second-order valence-electron chi connectivity index (χ2n) is 2.59. The topological polar surface area (TPSA) is 40.0 Å². The molecule has 0 amide bonds. The average molecular weight is 223 g/mol. The van der Waals surface area contributed by atoms with Gasteiger partial charge in [-0.25, -0.2) is 4.74 Å². The monoisotopic (exact) mass is 223 g/mol. The molecule has 0 aromatic carbocycles. The summed E-state index contributed by atoms with van der Waals surface area (Å²) in [6.07, 6.45) is 0.981. The van der Waals surface area contributed by atoms with E-state index < -0.39 is 7.74 Å². The minimum absolute atomic E-state index is 0.570. The number of nitrogens with zero attached hydrogens (tertiary/aromatic N) is 1. The number of hydrogen-bond acceptors (Lipinski definition) is 4. The Morgan fingerprint density at radius 2 is 1.29 bits per heavy atom. The molecular formula is C9H22NO3P. The van der Waals surface area contributed by atoms with Crippen LogP contribution in [0.25, 0.3) is 0 Å². The second-order valence-corrected chi connectivity index (χ2v) is 4.58. The maximum Gasteiger partial charge on any atom is 0.355 e. The summed E-state index contributed by atoms with van der Waals surface area (Å²) in [6, 6.07) is 0. The van der Waals surface area contributed by atoms with Gasteiger partial charge in [0.25, 0.3) is 0 Å². The van der Waals surface area contributed by atoms with Gasteiger partial charge in [-0.1, -0.05) is 6.92 Å². The van der Waals surface area contributed by atoms with Crippen LogP contribution in [-0.2, 0) is 13.6 Å². The molecular weight excluding hydrogens is 201 g/mol. The predicted molar refractivity (Wildman–Crippen MR) is 59.4 cm³/mol. The van der Waals surface area contributed by atoms with E-state index in [9.17, 15) is 0 Å².